The average molecular weight is 1090 g/mol. The Bertz CT molecular complexity index is 3450. The lowest BCUT2D eigenvalue weighted by Crippen LogP contribution is -2.19. The van der Waals surface area contributed by atoms with Gasteiger partial charge in [-0.25, -0.2) is 0 Å². The molecule has 9 rings (SSSR count). The SMILES string of the molecule is CCCCCCCCCCCOc1ccc(C2=c3ccc([nH]3)=C(c3ccc(OCCCN(C)C)cc3)c3ccc([nH]3)C(c3ccc(OCCCN(C)C)cc3)=c3ccc([nH]3)=C(c3ccc(OCCCN(C)C)cc3)c3ccc2[nH]3)cc1. The first-order chi connectivity index (χ1) is 39.6. The first-order valence-electron chi connectivity index (χ1n) is 29.7. The van der Waals surface area contributed by atoms with Crippen molar-refractivity contribution in [3.05, 3.63) is 212 Å². The molecule has 1 aliphatic heterocycles. The van der Waals surface area contributed by atoms with E-state index in [-0.39, 0.29) is 0 Å². The summed E-state index contributed by atoms with van der Waals surface area (Å²) in [4.78, 5) is 22.4. The van der Waals surface area contributed by atoms with Crippen molar-refractivity contribution >= 4 is 22.3 Å². The molecule has 1 aliphatic rings. The van der Waals surface area contributed by atoms with Crippen LogP contribution in [0.4, 0.5) is 0 Å². The van der Waals surface area contributed by atoms with Crippen molar-refractivity contribution in [1.82, 2.24) is 34.6 Å². The Morgan fingerprint density at radius 3 is 0.778 bits per heavy atom. The first-order valence-corrected chi connectivity index (χ1v) is 29.7. The zero-order chi connectivity index (χ0) is 56.3. The van der Waals surface area contributed by atoms with Gasteiger partial charge in [-0.2, -0.15) is 0 Å². The Kier molecular flexibility index (Phi) is 21.1. The number of aromatic nitrogens is 4. The van der Waals surface area contributed by atoms with Gasteiger partial charge in [-0.3, -0.25) is 0 Å². The highest BCUT2D eigenvalue weighted by Crippen LogP contribution is 2.31. The number of rotatable bonds is 30. The van der Waals surface area contributed by atoms with Crippen LogP contribution in [0.3, 0.4) is 0 Å². The molecule has 11 nitrogen and oxygen atoms in total. The molecule has 0 radical (unpaired) electrons. The van der Waals surface area contributed by atoms with Crippen LogP contribution < -0.4 is 40.3 Å². The molecular weight excluding hydrogens is 1000 g/mol. The van der Waals surface area contributed by atoms with E-state index in [1.54, 1.807) is 0 Å². The molecular formula is C70H87N7O4. The van der Waals surface area contributed by atoms with E-state index in [0.29, 0.717) is 19.8 Å². The lowest BCUT2D eigenvalue weighted by Gasteiger charge is -2.12. The minimum atomic E-state index is 0.652. The number of aromatic amines is 4. The van der Waals surface area contributed by atoms with Crippen LogP contribution in [0.1, 0.15) is 129 Å². The summed E-state index contributed by atoms with van der Waals surface area (Å²) in [6, 6.07) is 51.8. The van der Waals surface area contributed by atoms with E-state index in [9.17, 15) is 0 Å². The number of H-pyrrole nitrogens is 4. The standard InChI is InChI=1S/C70H87N7O4/c1-8-9-10-11-12-13-14-15-16-47-78-55-28-20-51(21-29-55)67-59-36-38-61(71-59)68(52-22-30-56(31-23-52)79-48-17-44-75(2)3)63-40-42-65(73-63)70(54-26-34-58(35-27-54)81-50-19-46-77(6)7)66-43-41-64(74-66)69(62-39-37-60(67)72-62)53-24-32-57(33-25-53)80-49-18-45-76(4)5/h20-43,71-74H,8-19,44-50H2,1-7H3. The fourth-order valence-corrected chi connectivity index (χ4v) is 10.8. The molecule has 4 aromatic heterocycles. The molecule has 0 saturated carbocycles. The van der Waals surface area contributed by atoms with Gasteiger partial charge in [0, 0.05) is 86.1 Å². The molecule has 0 spiro atoms. The number of benzene rings is 4. The van der Waals surface area contributed by atoms with Gasteiger partial charge in [0.05, 0.1) is 26.4 Å². The Morgan fingerprint density at radius 1 is 0.272 bits per heavy atom. The van der Waals surface area contributed by atoms with E-state index in [2.05, 4.69) is 229 Å². The molecule has 11 heteroatoms. The van der Waals surface area contributed by atoms with Crippen molar-refractivity contribution in [3.63, 3.8) is 0 Å². The summed E-state index contributed by atoms with van der Waals surface area (Å²) >= 11 is 0. The molecule has 8 aromatic rings. The van der Waals surface area contributed by atoms with E-state index >= 15 is 0 Å². The van der Waals surface area contributed by atoms with Crippen LogP contribution in [0.2, 0.25) is 0 Å². The topological polar surface area (TPSA) is 110 Å². The lowest BCUT2D eigenvalue weighted by molar-refractivity contribution is 0.281. The summed E-state index contributed by atoms with van der Waals surface area (Å²) in [5, 5.41) is 3.91. The number of hydrogen-bond acceptors (Lipinski definition) is 7. The van der Waals surface area contributed by atoms with Gasteiger partial charge in [-0.1, -0.05) is 107 Å². The third kappa shape index (κ3) is 16.2. The number of nitrogens with one attached hydrogen (secondary N) is 4. The molecule has 8 bridgehead atoms. The Labute approximate surface area is 481 Å². The highest BCUT2D eigenvalue weighted by atomic mass is 16.5. The van der Waals surface area contributed by atoms with Crippen LogP contribution in [0, 0.1) is 0 Å². The van der Waals surface area contributed by atoms with Gasteiger partial charge in [-0.05, 0) is 187 Å². The van der Waals surface area contributed by atoms with Gasteiger partial charge in [0.15, 0.2) is 0 Å². The number of hydrogen-bond donors (Lipinski definition) is 4. The lowest BCUT2D eigenvalue weighted by atomic mass is 10.0. The molecule has 0 atom stereocenters. The summed E-state index contributed by atoms with van der Waals surface area (Å²) < 4.78 is 25.1. The van der Waals surface area contributed by atoms with Gasteiger partial charge >= 0.3 is 0 Å². The fraction of sp³-hybridized carbons (Fsp3) is 0.371. The monoisotopic (exact) mass is 1090 g/mol. The van der Waals surface area contributed by atoms with Gasteiger partial charge in [0.2, 0.25) is 0 Å². The normalized spacial score (nSPS) is 12.6. The van der Waals surface area contributed by atoms with Crippen LogP contribution in [0.5, 0.6) is 23.0 Å². The molecule has 4 N–H and O–H groups in total. The van der Waals surface area contributed by atoms with Crippen molar-refractivity contribution in [2.45, 2.75) is 84.0 Å². The quantitative estimate of drug-likeness (QED) is 0.0332. The smallest absolute Gasteiger partial charge is 0.119 e. The van der Waals surface area contributed by atoms with Crippen molar-refractivity contribution in [2.75, 3.05) is 88.3 Å². The second-order valence-corrected chi connectivity index (χ2v) is 22.4. The molecule has 426 valence electrons. The molecule has 0 saturated heterocycles. The second kappa shape index (κ2) is 29.3. The Morgan fingerprint density at radius 2 is 0.519 bits per heavy atom. The van der Waals surface area contributed by atoms with Crippen LogP contribution >= 0.6 is 0 Å². The molecule has 5 heterocycles. The van der Waals surface area contributed by atoms with Crippen molar-refractivity contribution < 1.29 is 18.9 Å². The number of unbranched alkanes of at least 4 members (excludes halogenated alkanes) is 8. The Balaban J connectivity index is 1.16. The zero-order valence-corrected chi connectivity index (χ0v) is 49.3. The maximum atomic E-state index is 6.36. The summed E-state index contributed by atoms with van der Waals surface area (Å²) in [6.45, 7) is 7.87. The van der Waals surface area contributed by atoms with E-state index < -0.39 is 0 Å². The second-order valence-electron chi connectivity index (χ2n) is 22.4. The predicted molar refractivity (Wildman–Crippen MR) is 333 cm³/mol. The molecule has 0 unspecified atom stereocenters. The minimum absolute atomic E-state index is 0.652. The van der Waals surface area contributed by atoms with Crippen LogP contribution in [-0.4, -0.2) is 123 Å². The Hall–Kier alpha value is -7.44. The van der Waals surface area contributed by atoms with E-state index in [0.717, 1.165) is 164 Å². The van der Waals surface area contributed by atoms with Gasteiger partial charge in [0.25, 0.3) is 0 Å². The number of ether oxygens (including phenoxy) is 4. The van der Waals surface area contributed by atoms with Crippen LogP contribution in [0.15, 0.2) is 146 Å². The predicted octanol–water partition coefficient (Wildman–Crippen LogP) is 11.2. The molecule has 0 amide bonds. The van der Waals surface area contributed by atoms with Crippen molar-refractivity contribution in [3.8, 4) is 23.0 Å². The van der Waals surface area contributed by atoms with Gasteiger partial charge in [-0.15, -0.1) is 0 Å². The van der Waals surface area contributed by atoms with E-state index in [4.69, 9.17) is 18.9 Å². The molecule has 4 aromatic carbocycles. The van der Waals surface area contributed by atoms with E-state index in [1.807, 2.05) is 0 Å². The number of fused-ring (bicyclic) bond motifs is 8. The van der Waals surface area contributed by atoms with Crippen molar-refractivity contribution in [2.24, 2.45) is 0 Å². The summed E-state index contributed by atoms with van der Waals surface area (Å²) in [6.07, 6.45) is 14.4. The summed E-state index contributed by atoms with van der Waals surface area (Å²) in [7, 11) is 12.6. The van der Waals surface area contributed by atoms with Gasteiger partial charge in [0.1, 0.15) is 23.0 Å². The average Bonchev–Trinajstić information content (AvgIpc) is 4.53. The maximum Gasteiger partial charge on any atom is 0.119 e. The van der Waals surface area contributed by atoms with Crippen molar-refractivity contribution in [1.29, 1.82) is 0 Å². The largest absolute Gasteiger partial charge is 0.494 e. The van der Waals surface area contributed by atoms with Gasteiger partial charge < -0.3 is 53.6 Å². The third-order valence-corrected chi connectivity index (χ3v) is 15.0. The number of nitrogens with zero attached hydrogens (tertiary/aromatic N) is 3. The summed E-state index contributed by atoms with van der Waals surface area (Å²) in [5.74, 6) is 3.43. The first kappa shape index (κ1) is 58.2. The van der Waals surface area contributed by atoms with E-state index in [1.165, 1.54) is 51.4 Å². The highest BCUT2D eigenvalue weighted by Gasteiger charge is 2.19. The molecule has 0 aliphatic carbocycles. The zero-order valence-electron chi connectivity index (χ0n) is 49.3. The molecule has 0 fully saturated rings. The summed E-state index contributed by atoms with van der Waals surface area (Å²) in [5.41, 5.74) is 12.3. The minimum Gasteiger partial charge on any atom is -0.494 e. The van der Waals surface area contributed by atoms with Crippen LogP contribution in [-0.2, 0) is 0 Å². The fourth-order valence-electron chi connectivity index (χ4n) is 10.8. The maximum absolute atomic E-state index is 6.36. The van der Waals surface area contributed by atoms with Crippen LogP contribution in [0.25, 0.3) is 22.3 Å². The highest BCUT2D eigenvalue weighted by molar-refractivity contribution is 5.85. The molecule has 81 heavy (non-hydrogen) atoms. The third-order valence-electron chi connectivity index (χ3n) is 15.0.